The van der Waals surface area contributed by atoms with E-state index in [-0.39, 0.29) is 28.6 Å². The molecule has 21 heavy (non-hydrogen) atoms. The largest absolute Gasteiger partial charge is 0.493 e. The number of nitro groups is 1. The number of unbranched alkanes of at least 4 members (excludes halogenated alkanes) is 1. The Morgan fingerprint density at radius 2 is 2.19 bits per heavy atom. The molecule has 0 atom stereocenters. The minimum absolute atomic E-state index is 0.131. The second-order valence-corrected chi connectivity index (χ2v) is 4.52. The quantitative estimate of drug-likeness (QED) is 0.670. The van der Waals surface area contributed by atoms with Crippen LogP contribution in [0.1, 0.15) is 25.3 Å². The zero-order chi connectivity index (χ0) is 15.4. The van der Waals surface area contributed by atoms with Crippen LogP contribution in [0.15, 0.2) is 33.5 Å². The summed E-state index contributed by atoms with van der Waals surface area (Å²) in [5.74, 6) is -0.525. The van der Waals surface area contributed by atoms with Gasteiger partial charge < -0.3 is 9.52 Å². The van der Waals surface area contributed by atoms with Gasteiger partial charge in [0.25, 0.3) is 5.69 Å². The van der Waals surface area contributed by atoms with Crippen molar-refractivity contribution in [2.45, 2.75) is 26.2 Å². The van der Waals surface area contributed by atoms with Gasteiger partial charge in [-0.05, 0) is 18.9 Å². The fourth-order valence-electron chi connectivity index (χ4n) is 1.87. The summed E-state index contributed by atoms with van der Waals surface area (Å²) < 4.78 is 5.06. The summed E-state index contributed by atoms with van der Waals surface area (Å²) in [7, 11) is 0. The van der Waals surface area contributed by atoms with Gasteiger partial charge in [0.05, 0.1) is 10.5 Å². The third-order valence-corrected chi connectivity index (χ3v) is 3.00. The molecular weight excluding hydrogens is 276 g/mol. The molecule has 0 spiro atoms. The molecule has 2 rings (SSSR count). The Balaban J connectivity index is 2.44. The van der Waals surface area contributed by atoms with Crippen LogP contribution in [0.3, 0.4) is 0 Å². The molecule has 0 unspecified atom stereocenters. The fraction of sp³-hybridized carbons (Fsp3) is 0.286. The van der Waals surface area contributed by atoms with Crippen LogP contribution in [0.2, 0.25) is 0 Å². The van der Waals surface area contributed by atoms with E-state index in [1.165, 1.54) is 24.3 Å². The summed E-state index contributed by atoms with van der Waals surface area (Å²) in [5.41, 5.74) is -0.423. The van der Waals surface area contributed by atoms with E-state index in [1.807, 2.05) is 6.92 Å². The van der Waals surface area contributed by atoms with Crippen molar-refractivity contribution in [2.24, 2.45) is 0 Å². The molecule has 0 saturated carbocycles. The van der Waals surface area contributed by atoms with Crippen molar-refractivity contribution < 1.29 is 14.4 Å². The third-order valence-electron chi connectivity index (χ3n) is 3.00. The average molecular weight is 290 g/mol. The first-order valence-electron chi connectivity index (χ1n) is 6.50. The molecule has 0 bridgehead atoms. The van der Waals surface area contributed by atoms with Crippen molar-refractivity contribution in [2.75, 3.05) is 0 Å². The van der Waals surface area contributed by atoms with E-state index in [1.54, 1.807) is 0 Å². The number of rotatable bonds is 5. The van der Waals surface area contributed by atoms with Gasteiger partial charge in [0.15, 0.2) is 0 Å². The molecule has 7 heteroatoms. The lowest BCUT2D eigenvalue weighted by Gasteiger charge is -2.04. The molecule has 110 valence electrons. The zero-order valence-corrected chi connectivity index (χ0v) is 11.4. The van der Waals surface area contributed by atoms with Gasteiger partial charge in [-0.15, -0.1) is 0 Å². The van der Waals surface area contributed by atoms with E-state index < -0.39 is 10.5 Å². The van der Waals surface area contributed by atoms with Crippen LogP contribution < -0.4 is 5.63 Å². The van der Waals surface area contributed by atoms with Crippen molar-refractivity contribution >= 4 is 5.69 Å². The Kier molecular flexibility index (Phi) is 4.32. The summed E-state index contributed by atoms with van der Waals surface area (Å²) in [4.78, 5) is 25.9. The average Bonchev–Trinajstić information content (AvgIpc) is 2.46. The highest BCUT2D eigenvalue weighted by atomic mass is 16.6. The summed E-state index contributed by atoms with van der Waals surface area (Å²) >= 11 is 0. The molecule has 1 heterocycles. The third kappa shape index (κ3) is 3.25. The second-order valence-electron chi connectivity index (χ2n) is 4.52. The van der Waals surface area contributed by atoms with E-state index in [0.29, 0.717) is 6.42 Å². The van der Waals surface area contributed by atoms with Gasteiger partial charge in [0, 0.05) is 17.7 Å². The van der Waals surface area contributed by atoms with E-state index in [9.17, 15) is 20.0 Å². The van der Waals surface area contributed by atoms with Crippen LogP contribution in [0.5, 0.6) is 5.88 Å². The number of benzene rings is 1. The first-order chi connectivity index (χ1) is 10.0. The molecule has 0 radical (unpaired) electrons. The molecule has 1 aromatic heterocycles. The van der Waals surface area contributed by atoms with Crippen molar-refractivity contribution in [1.29, 1.82) is 0 Å². The first-order valence-corrected chi connectivity index (χ1v) is 6.50. The predicted octanol–water partition coefficient (Wildman–Crippen LogP) is 2.66. The van der Waals surface area contributed by atoms with Crippen LogP contribution >= 0.6 is 0 Å². The lowest BCUT2D eigenvalue weighted by molar-refractivity contribution is -0.384. The van der Waals surface area contributed by atoms with Crippen LogP contribution in [-0.2, 0) is 6.42 Å². The Morgan fingerprint density at radius 1 is 1.43 bits per heavy atom. The standard InChI is InChI=1S/C14H14N2O5/c1-2-3-7-11-12(17)15-13(21-14(11)18)9-5-4-6-10(8-9)16(19)20/h4-6,8,17H,2-3,7H2,1H3. The van der Waals surface area contributed by atoms with Crippen molar-refractivity contribution in [1.82, 2.24) is 4.98 Å². The zero-order valence-electron chi connectivity index (χ0n) is 11.4. The number of hydrogen-bond acceptors (Lipinski definition) is 6. The minimum Gasteiger partial charge on any atom is -0.493 e. The molecule has 0 aliphatic rings. The molecule has 0 saturated heterocycles. The SMILES string of the molecule is CCCCc1c(O)nc(-c2cccc([N+](=O)[O-])c2)oc1=O. The van der Waals surface area contributed by atoms with Crippen LogP contribution in [-0.4, -0.2) is 15.0 Å². The van der Waals surface area contributed by atoms with Crippen LogP contribution in [0, 0.1) is 10.1 Å². The molecule has 0 aliphatic heterocycles. The summed E-state index contributed by atoms with van der Waals surface area (Å²) in [6, 6.07) is 5.52. The highest BCUT2D eigenvalue weighted by Gasteiger charge is 2.15. The predicted molar refractivity (Wildman–Crippen MR) is 75.1 cm³/mol. The molecule has 7 nitrogen and oxygen atoms in total. The molecule has 0 fully saturated rings. The molecule has 2 aromatic rings. The Labute approximate surface area is 120 Å². The molecule has 1 aromatic carbocycles. The molecule has 0 amide bonds. The van der Waals surface area contributed by atoms with E-state index >= 15 is 0 Å². The van der Waals surface area contributed by atoms with Crippen molar-refractivity contribution in [3.05, 3.63) is 50.4 Å². The molecule has 0 aliphatic carbocycles. The number of hydrogen-bond donors (Lipinski definition) is 1. The van der Waals surface area contributed by atoms with Gasteiger partial charge >= 0.3 is 5.63 Å². The van der Waals surface area contributed by atoms with Crippen LogP contribution in [0.4, 0.5) is 5.69 Å². The normalized spacial score (nSPS) is 10.5. The highest BCUT2D eigenvalue weighted by Crippen LogP contribution is 2.24. The lowest BCUT2D eigenvalue weighted by atomic mass is 10.1. The maximum Gasteiger partial charge on any atom is 0.346 e. The second kappa shape index (κ2) is 6.17. The molecular formula is C14H14N2O5. The van der Waals surface area contributed by atoms with Gasteiger partial charge in [0.2, 0.25) is 11.8 Å². The number of non-ortho nitro benzene ring substituents is 1. The van der Waals surface area contributed by atoms with Crippen LogP contribution in [0.25, 0.3) is 11.5 Å². The maximum absolute atomic E-state index is 11.9. The number of aromatic nitrogens is 1. The van der Waals surface area contributed by atoms with Crippen molar-refractivity contribution in [3.63, 3.8) is 0 Å². The highest BCUT2D eigenvalue weighted by molar-refractivity contribution is 5.58. The van der Waals surface area contributed by atoms with E-state index in [0.717, 1.165) is 12.8 Å². The van der Waals surface area contributed by atoms with Crippen molar-refractivity contribution in [3.8, 4) is 17.3 Å². The molecule has 1 N–H and O–H groups in total. The monoisotopic (exact) mass is 290 g/mol. The Bertz CT molecular complexity index is 724. The fourth-order valence-corrected chi connectivity index (χ4v) is 1.87. The van der Waals surface area contributed by atoms with Gasteiger partial charge in [-0.3, -0.25) is 10.1 Å². The van der Waals surface area contributed by atoms with Gasteiger partial charge in [0.1, 0.15) is 0 Å². The van der Waals surface area contributed by atoms with Gasteiger partial charge in [-0.1, -0.05) is 19.4 Å². The van der Waals surface area contributed by atoms with E-state index in [2.05, 4.69) is 4.98 Å². The summed E-state index contributed by atoms with van der Waals surface area (Å²) in [5, 5.41) is 20.6. The van der Waals surface area contributed by atoms with Gasteiger partial charge in [-0.2, -0.15) is 4.98 Å². The lowest BCUT2D eigenvalue weighted by Crippen LogP contribution is -2.10. The number of nitrogens with zero attached hydrogens (tertiary/aromatic N) is 2. The maximum atomic E-state index is 11.9. The summed E-state index contributed by atoms with van der Waals surface area (Å²) in [6.45, 7) is 1.96. The minimum atomic E-state index is -0.669. The smallest absolute Gasteiger partial charge is 0.346 e. The summed E-state index contributed by atoms with van der Waals surface area (Å²) in [6.07, 6.45) is 1.98. The first kappa shape index (κ1) is 14.7. The number of aromatic hydroxyl groups is 1. The topological polar surface area (TPSA) is 106 Å². The van der Waals surface area contributed by atoms with Gasteiger partial charge in [-0.25, -0.2) is 4.79 Å². The Hall–Kier alpha value is -2.70. The Morgan fingerprint density at radius 3 is 2.81 bits per heavy atom. The van der Waals surface area contributed by atoms with E-state index in [4.69, 9.17) is 4.42 Å². The number of nitro benzene ring substituents is 1.